The fourth-order valence-corrected chi connectivity index (χ4v) is 2.62. The van der Waals surface area contributed by atoms with Crippen LogP contribution in [0.2, 0.25) is 0 Å². The van der Waals surface area contributed by atoms with Crippen LogP contribution >= 0.6 is 11.3 Å². The van der Waals surface area contributed by atoms with Crippen LogP contribution in [0.4, 0.5) is 0 Å². The molecule has 0 unspecified atom stereocenters. The molecule has 0 fully saturated rings. The van der Waals surface area contributed by atoms with E-state index in [9.17, 15) is 9.90 Å². The van der Waals surface area contributed by atoms with Crippen LogP contribution in [0.1, 0.15) is 20.9 Å². The first-order valence-corrected chi connectivity index (χ1v) is 6.84. The van der Waals surface area contributed by atoms with Gasteiger partial charge in [-0.2, -0.15) is 0 Å². The van der Waals surface area contributed by atoms with Crippen LogP contribution in [0.3, 0.4) is 0 Å². The predicted octanol–water partition coefficient (Wildman–Crippen LogP) is 2.47. The zero-order chi connectivity index (χ0) is 13.8. The van der Waals surface area contributed by atoms with Gasteiger partial charge in [-0.25, -0.2) is 4.98 Å². The maximum absolute atomic E-state index is 12.0. The fraction of sp³-hybridized carbons (Fsp3) is 0.286. The molecule has 5 heteroatoms. The van der Waals surface area contributed by atoms with E-state index in [0.29, 0.717) is 12.1 Å². The summed E-state index contributed by atoms with van der Waals surface area (Å²) in [7, 11) is 1.91. The molecule has 0 saturated carbocycles. The highest BCUT2D eigenvalue weighted by atomic mass is 32.1. The second kappa shape index (κ2) is 5.95. The molecule has 1 N–H and O–H groups in total. The van der Waals surface area contributed by atoms with E-state index in [1.165, 1.54) is 17.0 Å². The van der Waals surface area contributed by atoms with Crippen molar-refractivity contribution < 1.29 is 9.90 Å². The monoisotopic (exact) mass is 276 g/mol. The number of ketones is 1. The minimum Gasteiger partial charge on any atom is -0.508 e. The van der Waals surface area contributed by atoms with Crippen molar-refractivity contribution in [3.8, 4) is 5.75 Å². The third-order valence-corrected chi connectivity index (χ3v) is 3.78. The van der Waals surface area contributed by atoms with Gasteiger partial charge in [0, 0.05) is 17.0 Å². The third-order valence-electron chi connectivity index (χ3n) is 2.86. The summed E-state index contributed by atoms with van der Waals surface area (Å²) in [4.78, 5) is 19.4. The van der Waals surface area contributed by atoms with E-state index in [1.54, 1.807) is 23.5 Å². The van der Waals surface area contributed by atoms with Gasteiger partial charge in [-0.3, -0.25) is 9.69 Å². The molecule has 0 amide bonds. The molecule has 0 spiro atoms. The molecule has 0 atom stereocenters. The summed E-state index contributed by atoms with van der Waals surface area (Å²) in [6.07, 6.45) is 0. The molecule has 0 radical (unpaired) electrons. The van der Waals surface area contributed by atoms with Crippen molar-refractivity contribution in [2.75, 3.05) is 13.6 Å². The molecule has 1 aromatic heterocycles. The maximum Gasteiger partial charge on any atom is 0.176 e. The van der Waals surface area contributed by atoms with Crippen LogP contribution in [0.15, 0.2) is 29.8 Å². The van der Waals surface area contributed by atoms with Crippen molar-refractivity contribution in [2.45, 2.75) is 13.5 Å². The number of benzene rings is 1. The van der Waals surface area contributed by atoms with Crippen molar-refractivity contribution in [3.63, 3.8) is 0 Å². The Balaban J connectivity index is 1.95. The zero-order valence-corrected chi connectivity index (χ0v) is 11.8. The average molecular weight is 276 g/mol. The Morgan fingerprint density at radius 2 is 2.05 bits per heavy atom. The summed E-state index contributed by atoms with van der Waals surface area (Å²) >= 11 is 1.61. The van der Waals surface area contributed by atoms with Crippen LogP contribution < -0.4 is 0 Å². The summed E-state index contributed by atoms with van der Waals surface area (Å²) < 4.78 is 0. The topological polar surface area (TPSA) is 53.4 Å². The number of rotatable bonds is 5. The normalized spacial score (nSPS) is 10.9. The van der Waals surface area contributed by atoms with Gasteiger partial charge in [0.25, 0.3) is 0 Å². The lowest BCUT2D eigenvalue weighted by atomic mass is 10.1. The number of aromatic hydroxyl groups is 1. The van der Waals surface area contributed by atoms with Gasteiger partial charge in [-0.05, 0) is 38.2 Å². The van der Waals surface area contributed by atoms with Gasteiger partial charge >= 0.3 is 0 Å². The lowest BCUT2D eigenvalue weighted by Crippen LogP contribution is -2.25. The quantitative estimate of drug-likeness (QED) is 0.852. The lowest BCUT2D eigenvalue weighted by molar-refractivity contribution is 0.0943. The first kappa shape index (κ1) is 13.7. The molecule has 0 aliphatic rings. The van der Waals surface area contributed by atoms with Crippen molar-refractivity contribution in [1.82, 2.24) is 9.88 Å². The maximum atomic E-state index is 12.0. The van der Waals surface area contributed by atoms with Crippen molar-refractivity contribution in [3.05, 3.63) is 45.9 Å². The lowest BCUT2D eigenvalue weighted by Gasteiger charge is -2.15. The van der Waals surface area contributed by atoms with Crippen molar-refractivity contribution in [1.29, 1.82) is 0 Å². The highest BCUT2D eigenvalue weighted by Crippen LogP contribution is 2.15. The number of carbonyl (C=O) groups excluding carboxylic acids is 1. The summed E-state index contributed by atoms with van der Waals surface area (Å²) in [5.41, 5.74) is 3.46. The van der Waals surface area contributed by atoms with E-state index in [0.717, 1.165) is 12.2 Å². The van der Waals surface area contributed by atoms with Crippen LogP contribution in [0, 0.1) is 6.92 Å². The first-order chi connectivity index (χ1) is 9.06. The van der Waals surface area contributed by atoms with Gasteiger partial charge in [-0.1, -0.05) is 0 Å². The van der Waals surface area contributed by atoms with E-state index in [4.69, 9.17) is 0 Å². The van der Waals surface area contributed by atoms with Crippen LogP contribution in [-0.4, -0.2) is 34.4 Å². The van der Waals surface area contributed by atoms with E-state index in [1.807, 2.05) is 24.4 Å². The largest absolute Gasteiger partial charge is 0.508 e. The summed E-state index contributed by atoms with van der Waals surface area (Å²) in [5, 5.41) is 9.19. The first-order valence-electron chi connectivity index (χ1n) is 5.96. The standard InChI is InChI=1S/C14H16N2O2S/c1-10-14(19-9-15-10)8-16(2)7-13(18)11-3-5-12(17)6-4-11/h3-6,9,17H,7-8H2,1-2H3. The Morgan fingerprint density at radius 3 is 2.63 bits per heavy atom. The van der Waals surface area contributed by atoms with Gasteiger partial charge in [-0.15, -0.1) is 11.3 Å². The second-order valence-corrected chi connectivity index (χ2v) is 5.44. The minimum atomic E-state index is 0.0460. The number of hydrogen-bond donors (Lipinski definition) is 1. The Bertz CT molecular complexity index is 563. The summed E-state index contributed by atoms with van der Waals surface area (Å²) in [6.45, 7) is 3.05. The average Bonchev–Trinajstić information content (AvgIpc) is 2.75. The van der Waals surface area contributed by atoms with E-state index in [-0.39, 0.29) is 11.5 Å². The van der Waals surface area contributed by atoms with E-state index in [2.05, 4.69) is 4.98 Å². The number of hydrogen-bond acceptors (Lipinski definition) is 5. The van der Waals surface area contributed by atoms with Gasteiger partial charge in [0.2, 0.25) is 0 Å². The summed E-state index contributed by atoms with van der Waals surface area (Å²) in [6, 6.07) is 6.34. The van der Waals surface area contributed by atoms with Gasteiger partial charge in [0.15, 0.2) is 5.78 Å². The summed E-state index contributed by atoms with van der Waals surface area (Å²) in [5.74, 6) is 0.217. The van der Waals surface area contributed by atoms with Gasteiger partial charge in [0.1, 0.15) is 5.75 Å². The van der Waals surface area contributed by atoms with Crippen molar-refractivity contribution >= 4 is 17.1 Å². The molecule has 0 bridgehead atoms. The van der Waals surface area contributed by atoms with Crippen molar-refractivity contribution in [2.24, 2.45) is 0 Å². The van der Waals surface area contributed by atoms with Gasteiger partial charge in [0.05, 0.1) is 17.7 Å². The number of phenols is 1. The highest BCUT2D eigenvalue weighted by molar-refractivity contribution is 7.09. The molecule has 0 saturated heterocycles. The Labute approximate surface area is 116 Å². The number of nitrogens with zero attached hydrogens (tertiary/aromatic N) is 2. The number of Topliss-reactive ketones (excluding diaryl/α,β-unsaturated/α-hetero) is 1. The number of phenolic OH excluding ortho intramolecular Hbond substituents is 1. The molecule has 0 aliphatic carbocycles. The Hall–Kier alpha value is -1.72. The molecule has 4 nitrogen and oxygen atoms in total. The number of aromatic nitrogens is 1. The van der Waals surface area contributed by atoms with Crippen LogP contribution in [0.5, 0.6) is 5.75 Å². The molecule has 19 heavy (non-hydrogen) atoms. The predicted molar refractivity (Wildman–Crippen MR) is 75.6 cm³/mol. The van der Waals surface area contributed by atoms with E-state index >= 15 is 0 Å². The molecule has 100 valence electrons. The van der Waals surface area contributed by atoms with E-state index < -0.39 is 0 Å². The smallest absolute Gasteiger partial charge is 0.176 e. The zero-order valence-electron chi connectivity index (χ0n) is 11.0. The molecule has 1 heterocycles. The SMILES string of the molecule is Cc1ncsc1CN(C)CC(=O)c1ccc(O)cc1. The molecule has 2 aromatic rings. The highest BCUT2D eigenvalue weighted by Gasteiger charge is 2.11. The fourth-order valence-electron chi connectivity index (χ4n) is 1.76. The second-order valence-electron chi connectivity index (χ2n) is 4.50. The Morgan fingerprint density at radius 1 is 1.37 bits per heavy atom. The number of thiazole rings is 1. The molecule has 2 rings (SSSR count). The molecular formula is C14H16N2O2S. The minimum absolute atomic E-state index is 0.0460. The number of likely N-dealkylation sites (N-methyl/N-ethyl adjacent to an activating group) is 1. The molecule has 0 aliphatic heterocycles. The van der Waals surface area contributed by atoms with Crippen LogP contribution in [0.25, 0.3) is 0 Å². The Kier molecular flexibility index (Phi) is 4.29. The third kappa shape index (κ3) is 3.62. The molecule has 1 aromatic carbocycles. The number of carbonyl (C=O) groups is 1. The molecular weight excluding hydrogens is 260 g/mol. The van der Waals surface area contributed by atoms with Gasteiger partial charge < -0.3 is 5.11 Å². The van der Waals surface area contributed by atoms with Crippen LogP contribution in [-0.2, 0) is 6.54 Å². The number of aryl methyl sites for hydroxylation is 1.